The third-order valence-electron chi connectivity index (χ3n) is 6.17. The van der Waals surface area contributed by atoms with Gasteiger partial charge in [0.25, 0.3) is 5.91 Å². The average Bonchev–Trinajstić information content (AvgIpc) is 3.19. The Labute approximate surface area is 221 Å². The van der Waals surface area contributed by atoms with Gasteiger partial charge in [-0.25, -0.2) is 4.98 Å². The summed E-state index contributed by atoms with van der Waals surface area (Å²) in [5, 5.41) is 7.43. The van der Waals surface area contributed by atoms with Crippen molar-refractivity contribution in [2.45, 2.75) is 65.3 Å². The number of carbonyl (C=O) groups is 1. The summed E-state index contributed by atoms with van der Waals surface area (Å²) in [5.41, 5.74) is 0.852. The number of aromatic nitrogens is 3. The summed E-state index contributed by atoms with van der Waals surface area (Å²) in [7, 11) is 1.37. The summed E-state index contributed by atoms with van der Waals surface area (Å²) in [4.78, 5) is 16.9. The van der Waals surface area contributed by atoms with Gasteiger partial charge in [-0.15, -0.1) is 0 Å². The van der Waals surface area contributed by atoms with E-state index in [0.29, 0.717) is 30.3 Å². The zero-order valence-electron chi connectivity index (χ0n) is 20.9. The molecule has 2 heterocycles. The number of carbonyl (C=O) groups excluding carboxylic acids is 1. The molecule has 1 fully saturated rings. The zero-order chi connectivity index (χ0) is 27.8. The van der Waals surface area contributed by atoms with E-state index in [9.17, 15) is 18.0 Å². The van der Waals surface area contributed by atoms with Crippen LogP contribution in [-0.2, 0) is 18.1 Å². The van der Waals surface area contributed by atoms with Gasteiger partial charge in [-0.1, -0.05) is 31.4 Å². The molecule has 0 unspecified atom stereocenters. The minimum Gasteiger partial charge on any atom is -0.496 e. The quantitative estimate of drug-likeness (QED) is 0.486. The van der Waals surface area contributed by atoms with Crippen molar-refractivity contribution in [3.8, 4) is 22.9 Å². The van der Waals surface area contributed by atoms with Gasteiger partial charge in [-0.2, -0.15) is 26.7 Å². The Hall–Kier alpha value is -2.67. The molecular weight excluding hydrogens is 537 g/mol. The van der Waals surface area contributed by atoms with Crippen LogP contribution in [0.5, 0.6) is 11.6 Å². The van der Waals surface area contributed by atoms with Gasteiger partial charge < -0.3 is 14.8 Å². The molecule has 1 aliphatic carbocycles. The smallest absolute Gasteiger partial charge is 0.425 e. The van der Waals surface area contributed by atoms with Crippen LogP contribution in [0, 0.1) is 11.8 Å². The number of nitrogens with zero attached hydrogens (tertiary/aromatic N) is 3. The highest BCUT2D eigenvalue weighted by Gasteiger charge is 2.38. The number of halogens is 4. The lowest BCUT2D eigenvalue weighted by molar-refractivity contribution is -0.190. The largest absolute Gasteiger partial charge is 0.496 e. The highest BCUT2D eigenvalue weighted by atomic mass is 35.5. The monoisotopic (exact) mass is 566 g/mol. The number of hydrogen-bond acceptors (Lipinski definition) is 7. The minimum atomic E-state index is -4.53. The number of amides is 1. The van der Waals surface area contributed by atoms with Gasteiger partial charge >= 0.3 is 17.7 Å². The van der Waals surface area contributed by atoms with Crippen LogP contribution >= 0.6 is 11.6 Å². The second-order valence-corrected chi connectivity index (χ2v) is 9.27. The van der Waals surface area contributed by atoms with Gasteiger partial charge in [0.1, 0.15) is 5.75 Å². The van der Waals surface area contributed by atoms with Gasteiger partial charge in [0.05, 0.1) is 23.4 Å². The molecule has 0 aliphatic heterocycles. The number of ether oxygens (including phenoxy) is 2. The number of methoxy groups -OCH3 is 1. The van der Waals surface area contributed by atoms with E-state index in [0.717, 1.165) is 38.5 Å². The summed E-state index contributed by atoms with van der Waals surface area (Å²) in [5.74, 6) is 0.731. The maximum absolute atomic E-state index is 12.9. The molecule has 14 heteroatoms. The first-order valence-electron chi connectivity index (χ1n) is 11.7. The molecule has 2 aromatic rings. The number of rotatable bonds is 8. The Morgan fingerprint density at radius 3 is 2.46 bits per heavy atom. The first kappa shape index (κ1) is 30.6. The lowest BCUT2D eigenvalue weighted by atomic mass is 9.83. The van der Waals surface area contributed by atoms with Crippen molar-refractivity contribution >= 4 is 29.1 Å². The van der Waals surface area contributed by atoms with E-state index in [-0.39, 0.29) is 28.3 Å². The molecule has 1 amide bonds. The van der Waals surface area contributed by atoms with E-state index in [4.69, 9.17) is 29.5 Å². The van der Waals surface area contributed by atoms with Gasteiger partial charge in [0, 0.05) is 25.4 Å². The first-order valence-corrected chi connectivity index (χ1v) is 12.7. The van der Waals surface area contributed by atoms with Crippen LogP contribution in [0.25, 0.3) is 11.3 Å². The molecule has 1 aliphatic rings. The van der Waals surface area contributed by atoms with Gasteiger partial charge in [0.2, 0.25) is 5.88 Å². The SMILES string of the molecule is CCn1nc(C(=O)NCC2CCC(C)CC2)c(Cl)c1-c1cnc(O[C@H](C)C(F)(F)F)cc1OC.O=S=O. The average molecular weight is 567 g/mol. The molecule has 206 valence electrons. The normalized spacial score (nSPS) is 18.3. The predicted molar refractivity (Wildman–Crippen MR) is 131 cm³/mol. The molecule has 0 bridgehead atoms. The lowest BCUT2D eigenvalue weighted by Crippen LogP contribution is -2.31. The van der Waals surface area contributed by atoms with Crippen molar-refractivity contribution in [3.63, 3.8) is 0 Å². The number of hydrogen-bond donors (Lipinski definition) is 1. The van der Waals surface area contributed by atoms with Gasteiger partial charge in [-0.3, -0.25) is 9.48 Å². The van der Waals surface area contributed by atoms with Crippen LogP contribution in [0.3, 0.4) is 0 Å². The van der Waals surface area contributed by atoms with Crippen molar-refractivity contribution in [2.75, 3.05) is 13.7 Å². The fraction of sp³-hybridized carbons (Fsp3) is 0.609. The molecule has 0 radical (unpaired) electrons. The van der Waals surface area contributed by atoms with Gasteiger partial charge in [-0.05, 0) is 38.5 Å². The third kappa shape index (κ3) is 8.16. The fourth-order valence-electron chi connectivity index (χ4n) is 4.00. The highest BCUT2D eigenvalue weighted by molar-refractivity contribution is 7.51. The number of pyridine rings is 1. The summed E-state index contributed by atoms with van der Waals surface area (Å²) >= 11 is 5.83. The maximum atomic E-state index is 12.9. The summed E-state index contributed by atoms with van der Waals surface area (Å²) in [6.07, 6.45) is -0.799. The first-order chi connectivity index (χ1) is 17.5. The lowest BCUT2D eigenvalue weighted by Gasteiger charge is -2.26. The Morgan fingerprint density at radius 1 is 1.30 bits per heavy atom. The summed E-state index contributed by atoms with van der Waals surface area (Å²) in [6.45, 7) is 5.93. The third-order valence-corrected chi connectivity index (χ3v) is 6.53. The fourth-order valence-corrected chi connectivity index (χ4v) is 4.33. The molecule has 2 aromatic heterocycles. The van der Waals surface area contributed by atoms with Crippen molar-refractivity contribution in [3.05, 3.63) is 23.0 Å². The number of nitrogens with one attached hydrogen (secondary N) is 1. The molecule has 9 nitrogen and oxygen atoms in total. The van der Waals surface area contributed by atoms with E-state index >= 15 is 0 Å². The topological polar surface area (TPSA) is 112 Å². The Balaban J connectivity index is 0.00000153. The molecule has 1 atom stereocenters. The Kier molecular flexibility index (Phi) is 11.4. The minimum absolute atomic E-state index is 0.0794. The number of alkyl halides is 3. The summed E-state index contributed by atoms with van der Waals surface area (Å²) < 4.78 is 66.9. The van der Waals surface area contributed by atoms with Crippen LogP contribution in [0.1, 0.15) is 56.9 Å². The van der Waals surface area contributed by atoms with Crippen LogP contribution in [0.2, 0.25) is 5.02 Å². The Morgan fingerprint density at radius 2 is 1.92 bits per heavy atom. The van der Waals surface area contributed by atoms with E-state index in [1.54, 1.807) is 0 Å². The highest BCUT2D eigenvalue weighted by Crippen LogP contribution is 2.38. The Bertz CT molecular complexity index is 1100. The number of aryl methyl sites for hydroxylation is 1. The maximum Gasteiger partial charge on any atom is 0.425 e. The molecule has 1 saturated carbocycles. The van der Waals surface area contributed by atoms with E-state index in [1.165, 1.54) is 24.1 Å². The van der Waals surface area contributed by atoms with Crippen molar-refractivity contribution in [1.29, 1.82) is 0 Å². The molecule has 0 spiro atoms. The van der Waals surface area contributed by atoms with Crippen molar-refractivity contribution in [1.82, 2.24) is 20.1 Å². The molecular formula is C23H30ClF3N4O5S. The molecule has 1 N–H and O–H groups in total. The van der Waals surface area contributed by atoms with E-state index in [1.807, 2.05) is 6.92 Å². The van der Waals surface area contributed by atoms with E-state index in [2.05, 4.69) is 22.3 Å². The second kappa shape index (κ2) is 13.8. The van der Waals surface area contributed by atoms with E-state index < -0.39 is 23.9 Å². The van der Waals surface area contributed by atoms with Crippen LogP contribution in [0.4, 0.5) is 13.2 Å². The van der Waals surface area contributed by atoms with Crippen molar-refractivity contribution < 1.29 is 35.9 Å². The molecule has 0 saturated heterocycles. The predicted octanol–water partition coefficient (Wildman–Crippen LogP) is 4.84. The molecule has 3 rings (SSSR count). The second-order valence-electron chi connectivity index (χ2n) is 8.76. The molecule has 37 heavy (non-hydrogen) atoms. The van der Waals surface area contributed by atoms with Gasteiger partial charge in [0.15, 0.2) is 11.8 Å². The van der Waals surface area contributed by atoms with Crippen molar-refractivity contribution in [2.24, 2.45) is 11.8 Å². The van der Waals surface area contributed by atoms with Crippen LogP contribution in [-0.4, -0.2) is 55.0 Å². The van der Waals surface area contributed by atoms with Crippen LogP contribution < -0.4 is 14.8 Å². The van der Waals surface area contributed by atoms with Crippen LogP contribution in [0.15, 0.2) is 12.3 Å². The zero-order valence-corrected chi connectivity index (χ0v) is 22.5. The summed E-state index contributed by atoms with van der Waals surface area (Å²) in [6, 6.07) is 1.25. The standard InChI is InChI=1S/C23H30ClF3N4O3.O2S/c1-5-31-21(16-12-28-18(10-17(16)33-4)34-14(3)23(25,26)27)19(24)20(30-31)22(32)29-11-15-8-6-13(2)7-9-15;1-3-2/h10,12-15H,5-9,11H2,1-4H3,(H,29,32);/t13?,14-,15?;/m1./s1. The molecule has 0 aromatic carbocycles.